The number of fused-ring (bicyclic) bond motifs is 1. The van der Waals surface area contributed by atoms with Gasteiger partial charge in [0, 0.05) is 4.47 Å². The molecule has 0 radical (unpaired) electrons. The van der Waals surface area contributed by atoms with Crippen molar-refractivity contribution in [3.63, 3.8) is 0 Å². The van der Waals surface area contributed by atoms with E-state index in [9.17, 15) is 0 Å². The lowest BCUT2D eigenvalue weighted by molar-refractivity contribution is 0.604. The zero-order valence-electron chi connectivity index (χ0n) is 10.4. The second kappa shape index (κ2) is 5.05. The van der Waals surface area contributed by atoms with Gasteiger partial charge >= 0.3 is 0 Å². The Morgan fingerprint density at radius 2 is 2.00 bits per heavy atom. The van der Waals surface area contributed by atoms with Gasteiger partial charge in [0.05, 0.1) is 6.04 Å². The van der Waals surface area contributed by atoms with E-state index in [1.165, 1.54) is 5.56 Å². The first-order chi connectivity index (χ1) is 9.22. The van der Waals surface area contributed by atoms with Gasteiger partial charge in [-0.05, 0) is 36.8 Å². The average Bonchev–Trinajstić information content (AvgIpc) is 2.80. The van der Waals surface area contributed by atoms with Crippen molar-refractivity contribution in [3.8, 4) is 0 Å². The molecule has 3 nitrogen and oxygen atoms in total. The molecular weight excluding hydrogens is 304 g/mol. The lowest BCUT2D eigenvalue weighted by atomic mass is 10.1. The first-order valence-electron chi connectivity index (χ1n) is 6.10. The second-order valence-corrected chi connectivity index (χ2v) is 5.32. The standard InChI is InChI=1S/C15H13BrN2O/c1-10(11-5-4-6-12(16)9-11)17-15-18-13-7-2-3-8-14(13)19-15/h2-10H,1H3,(H,17,18). The monoisotopic (exact) mass is 316 g/mol. The highest BCUT2D eigenvalue weighted by atomic mass is 79.9. The number of rotatable bonds is 3. The minimum atomic E-state index is 0.130. The lowest BCUT2D eigenvalue weighted by Gasteiger charge is -2.12. The minimum absolute atomic E-state index is 0.130. The minimum Gasteiger partial charge on any atom is -0.424 e. The molecule has 0 saturated carbocycles. The molecule has 0 spiro atoms. The summed E-state index contributed by atoms with van der Waals surface area (Å²) in [7, 11) is 0. The van der Waals surface area contributed by atoms with Gasteiger partial charge in [0.1, 0.15) is 5.52 Å². The van der Waals surface area contributed by atoms with Crippen LogP contribution in [0.2, 0.25) is 0 Å². The van der Waals surface area contributed by atoms with Crippen LogP contribution >= 0.6 is 15.9 Å². The van der Waals surface area contributed by atoms with Crippen molar-refractivity contribution in [1.82, 2.24) is 4.98 Å². The first kappa shape index (κ1) is 12.2. The van der Waals surface area contributed by atoms with Crippen molar-refractivity contribution >= 4 is 33.0 Å². The number of nitrogens with one attached hydrogen (secondary N) is 1. The van der Waals surface area contributed by atoms with Gasteiger partial charge < -0.3 is 9.73 Å². The quantitative estimate of drug-likeness (QED) is 0.756. The summed E-state index contributed by atoms with van der Waals surface area (Å²) >= 11 is 3.48. The predicted molar refractivity (Wildman–Crippen MR) is 80.2 cm³/mol. The first-order valence-corrected chi connectivity index (χ1v) is 6.89. The zero-order chi connectivity index (χ0) is 13.2. The summed E-state index contributed by atoms with van der Waals surface area (Å²) in [5.41, 5.74) is 2.84. The summed E-state index contributed by atoms with van der Waals surface area (Å²) in [6, 6.07) is 16.6. The number of anilines is 1. The lowest BCUT2D eigenvalue weighted by Crippen LogP contribution is -2.06. The third kappa shape index (κ3) is 2.63. The van der Waals surface area contributed by atoms with Crippen molar-refractivity contribution in [2.24, 2.45) is 0 Å². The summed E-state index contributed by atoms with van der Waals surface area (Å²) in [5.74, 6) is 0. The normalized spacial score (nSPS) is 12.5. The number of oxazole rings is 1. The number of nitrogens with zero attached hydrogens (tertiary/aromatic N) is 1. The van der Waals surface area contributed by atoms with Crippen LogP contribution in [0.25, 0.3) is 11.1 Å². The van der Waals surface area contributed by atoms with E-state index in [1.807, 2.05) is 36.4 Å². The zero-order valence-corrected chi connectivity index (χ0v) is 12.0. The van der Waals surface area contributed by atoms with Gasteiger partial charge in [0.2, 0.25) is 0 Å². The molecule has 4 heteroatoms. The van der Waals surface area contributed by atoms with Crippen molar-refractivity contribution in [1.29, 1.82) is 0 Å². The number of halogens is 1. The van der Waals surface area contributed by atoms with Crippen LogP contribution in [-0.4, -0.2) is 4.98 Å². The molecule has 0 saturated heterocycles. The Morgan fingerprint density at radius 1 is 1.16 bits per heavy atom. The highest BCUT2D eigenvalue weighted by Gasteiger charge is 2.10. The number of hydrogen-bond donors (Lipinski definition) is 1. The molecule has 0 bridgehead atoms. The van der Waals surface area contributed by atoms with E-state index in [0.29, 0.717) is 6.01 Å². The van der Waals surface area contributed by atoms with Gasteiger partial charge in [-0.3, -0.25) is 0 Å². The molecule has 19 heavy (non-hydrogen) atoms. The van der Waals surface area contributed by atoms with E-state index in [2.05, 4.69) is 45.3 Å². The second-order valence-electron chi connectivity index (χ2n) is 4.41. The van der Waals surface area contributed by atoms with Crippen molar-refractivity contribution in [2.45, 2.75) is 13.0 Å². The van der Waals surface area contributed by atoms with Crippen LogP contribution in [0, 0.1) is 0 Å². The van der Waals surface area contributed by atoms with E-state index in [-0.39, 0.29) is 6.04 Å². The van der Waals surface area contributed by atoms with Crippen LogP contribution in [0.3, 0.4) is 0 Å². The molecular formula is C15H13BrN2O. The molecule has 3 aromatic rings. The number of para-hydroxylation sites is 2. The molecule has 1 atom stereocenters. The molecule has 1 N–H and O–H groups in total. The fraction of sp³-hybridized carbons (Fsp3) is 0.133. The highest BCUT2D eigenvalue weighted by molar-refractivity contribution is 9.10. The van der Waals surface area contributed by atoms with Crippen LogP contribution in [-0.2, 0) is 0 Å². The van der Waals surface area contributed by atoms with Gasteiger partial charge in [0.25, 0.3) is 6.01 Å². The van der Waals surface area contributed by atoms with Gasteiger partial charge in [-0.2, -0.15) is 4.98 Å². The highest BCUT2D eigenvalue weighted by Crippen LogP contribution is 2.24. The molecule has 0 aliphatic carbocycles. The summed E-state index contributed by atoms with van der Waals surface area (Å²) in [6.45, 7) is 2.08. The van der Waals surface area contributed by atoms with Gasteiger partial charge in [-0.15, -0.1) is 0 Å². The van der Waals surface area contributed by atoms with Crippen LogP contribution in [0.5, 0.6) is 0 Å². The maximum absolute atomic E-state index is 5.66. The number of aromatic nitrogens is 1. The van der Waals surface area contributed by atoms with E-state index in [1.54, 1.807) is 0 Å². The molecule has 3 rings (SSSR count). The number of hydrogen-bond acceptors (Lipinski definition) is 3. The Hall–Kier alpha value is -1.81. The third-order valence-corrected chi connectivity index (χ3v) is 3.48. The summed E-state index contributed by atoms with van der Waals surface area (Å²) in [6.07, 6.45) is 0. The topological polar surface area (TPSA) is 38.1 Å². The molecule has 2 aromatic carbocycles. The van der Waals surface area contributed by atoms with Crippen LogP contribution in [0.4, 0.5) is 6.01 Å². The van der Waals surface area contributed by atoms with Gasteiger partial charge in [-0.25, -0.2) is 0 Å². The fourth-order valence-corrected chi connectivity index (χ4v) is 2.40. The van der Waals surface area contributed by atoms with E-state index < -0.39 is 0 Å². The van der Waals surface area contributed by atoms with Gasteiger partial charge in [-0.1, -0.05) is 40.2 Å². The Labute approximate surface area is 119 Å². The Bertz CT molecular complexity index is 675. The largest absolute Gasteiger partial charge is 0.424 e. The Kier molecular flexibility index (Phi) is 3.25. The van der Waals surface area contributed by atoms with Crippen LogP contribution in [0.15, 0.2) is 57.4 Å². The average molecular weight is 317 g/mol. The van der Waals surface area contributed by atoms with Crippen molar-refractivity contribution < 1.29 is 4.42 Å². The third-order valence-electron chi connectivity index (χ3n) is 2.98. The molecule has 0 aliphatic rings. The number of benzene rings is 2. The van der Waals surface area contributed by atoms with E-state index >= 15 is 0 Å². The fourth-order valence-electron chi connectivity index (χ4n) is 1.98. The molecule has 96 valence electrons. The smallest absolute Gasteiger partial charge is 0.296 e. The maximum atomic E-state index is 5.66. The Balaban J connectivity index is 1.84. The molecule has 1 unspecified atom stereocenters. The molecule has 0 aliphatic heterocycles. The predicted octanol–water partition coefficient (Wildman–Crippen LogP) is 4.76. The SMILES string of the molecule is CC(Nc1nc2ccccc2o1)c1cccc(Br)c1. The van der Waals surface area contributed by atoms with Crippen LogP contribution < -0.4 is 5.32 Å². The summed E-state index contributed by atoms with van der Waals surface area (Å²) in [4.78, 5) is 4.41. The molecule has 0 amide bonds. The molecule has 1 aromatic heterocycles. The Morgan fingerprint density at radius 3 is 2.79 bits per heavy atom. The van der Waals surface area contributed by atoms with Crippen molar-refractivity contribution in [3.05, 3.63) is 58.6 Å². The van der Waals surface area contributed by atoms with Crippen molar-refractivity contribution in [2.75, 3.05) is 5.32 Å². The van der Waals surface area contributed by atoms with Gasteiger partial charge in [0.15, 0.2) is 5.58 Å². The van der Waals surface area contributed by atoms with E-state index in [4.69, 9.17) is 4.42 Å². The summed E-state index contributed by atoms with van der Waals surface area (Å²) in [5, 5.41) is 3.28. The van der Waals surface area contributed by atoms with E-state index in [0.717, 1.165) is 15.6 Å². The summed E-state index contributed by atoms with van der Waals surface area (Å²) < 4.78 is 6.72. The maximum Gasteiger partial charge on any atom is 0.296 e. The molecule has 1 heterocycles. The molecule has 0 fully saturated rings. The van der Waals surface area contributed by atoms with Crippen LogP contribution in [0.1, 0.15) is 18.5 Å².